The smallest absolute Gasteiger partial charge is 0.242 e. The minimum absolute atomic E-state index is 0.394. The molecule has 0 unspecified atom stereocenters. The van der Waals surface area contributed by atoms with E-state index in [2.05, 4.69) is 26.1 Å². The van der Waals surface area contributed by atoms with Crippen LogP contribution in [-0.2, 0) is 0 Å². The van der Waals surface area contributed by atoms with E-state index in [0.717, 1.165) is 27.8 Å². The van der Waals surface area contributed by atoms with Crippen molar-refractivity contribution in [2.45, 2.75) is 0 Å². The molecule has 0 radical (unpaired) electrons. The summed E-state index contributed by atoms with van der Waals surface area (Å²) in [6.07, 6.45) is 0. The third-order valence-corrected chi connectivity index (χ3v) is 4.46. The van der Waals surface area contributed by atoms with Crippen LogP contribution < -0.4 is 16.2 Å². The maximum absolute atomic E-state index is 6.16. The Bertz CT molecular complexity index is 1120. The number of hydrogen-bond acceptors (Lipinski definition) is 4. The first-order chi connectivity index (χ1) is 13.7. The Morgan fingerprint density at radius 3 is 2.32 bits per heavy atom. The molecular weight excluding hydrogens is 390 g/mol. The number of benzene rings is 3. The monoisotopic (exact) mass is 405 g/mol. The third-order valence-electron chi connectivity index (χ3n) is 4.03. The number of para-hydroxylation sites is 1. The van der Waals surface area contributed by atoms with Gasteiger partial charge in [-0.1, -0.05) is 60.1 Å². The molecule has 0 aliphatic rings. The fourth-order valence-electron chi connectivity index (χ4n) is 2.77. The van der Waals surface area contributed by atoms with E-state index in [1.54, 1.807) is 0 Å². The second-order valence-electron chi connectivity index (χ2n) is 5.99. The molecule has 3 N–H and O–H groups in total. The van der Waals surface area contributed by atoms with Gasteiger partial charge in [0.2, 0.25) is 5.95 Å². The van der Waals surface area contributed by atoms with Crippen LogP contribution in [0.3, 0.4) is 0 Å². The minimum Gasteiger partial charge on any atom is -0.331 e. The van der Waals surface area contributed by atoms with Crippen LogP contribution in [0.4, 0.5) is 11.6 Å². The molecule has 3 aromatic carbocycles. The van der Waals surface area contributed by atoms with Crippen molar-refractivity contribution in [3.8, 4) is 11.3 Å². The Morgan fingerprint density at radius 1 is 0.857 bits per heavy atom. The molecule has 0 aliphatic carbocycles. The van der Waals surface area contributed by atoms with E-state index < -0.39 is 0 Å². The van der Waals surface area contributed by atoms with Crippen molar-refractivity contribution in [1.82, 2.24) is 15.4 Å². The Hall–Kier alpha value is -3.22. The molecule has 4 aromatic rings. The van der Waals surface area contributed by atoms with E-state index in [-0.39, 0.29) is 0 Å². The van der Waals surface area contributed by atoms with Crippen LogP contribution in [0.1, 0.15) is 0 Å². The van der Waals surface area contributed by atoms with Gasteiger partial charge in [-0.3, -0.25) is 10.9 Å². The van der Waals surface area contributed by atoms with Crippen LogP contribution >= 0.6 is 23.8 Å². The maximum atomic E-state index is 6.16. The predicted octanol–water partition coefficient (Wildman–Crippen LogP) is 5.26. The molecule has 28 heavy (non-hydrogen) atoms. The summed E-state index contributed by atoms with van der Waals surface area (Å²) in [6, 6.07) is 25.2. The number of halogens is 1. The number of hydrazine groups is 1. The average molecular weight is 406 g/mol. The molecule has 0 saturated carbocycles. The highest BCUT2D eigenvalue weighted by Gasteiger charge is 2.10. The van der Waals surface area contributed by atoms with Crippen LogP contribution in [0.15, 0.2) is 78.9 Å². The fraction of sp³-hybridized carbons (Fsp3) is 0. The van der Waals surface area contributed by atoms with E-state index in [1.165, 1.54) is 0 Å². The molecule has 0 amide bonds. The van der Waals surface area contributed by atoms with Gasteiger partial charge in [-0.25, -0.2) is 9.97 Å². The zero-order valence-electron chi connectivity index (χ0n) is 14.7. The second kappa shape index (κ2) is 8.21. The zero-order valence-corrected chi connectivity index (χ0v) is 16.3. The van der Waals surface area contributed by atoms with E-state index in [9.17, 15) is 0 Å². The first kappa shape index (κ1) is 18.2. The molecule has 0 spiro atoms. The third kappa shape index (κ3) is 4.19. The van der Waals surface area contributed by atoms with Gasteiger partial charge in [-0.05, 0) is 42.5 Å². The molecule has 0 saturated heterocycles. The van der Waals surface area contributed by atoms with Gasteiger partial charge in [0.1, 0.15) is 0 Å². The van der Waals surface area contributed by atoms with Gasteiger partial charge in [0.25, 0.3) is 0 Å². The van der Waals surface area contributed by atoms with E-state index >= 15 is 0 Å². The predicted molar refractivity (Wildman–Crippen MR) is 119 cm³/mol. The lowest BCUT2D eigenvalue weighted by Crippen LogP contribution is -2.34. The summed E-state index contributed by atoms with van der Waals surface area (Å²) in [5.41, 5.74) is 9.32. The van der Waals surface area contributed by atoms with Gasteiger partial charge < -0.3 is 5.32 Å². The summed E-state index contributed by atoms with van der Waals surface area (Å²) < 4.78 is 0. The Balaban J connectivity index is 1.61. The molecule has 4 rings (SSSR count). The number of thiocarbonyl (C=S) groups is 1. The van der Waals surface area contributed by atoms with E-state index in [4.69, 9.17) is 23.8 Å². The van der Waals surface area contributed by atoms with Crippen molar-refractivity contribution >= 4 is 51.5 Å². The van der Waals surface area contributed by atoms with Gasteiger partial charge in [0, 0.05) is 21.7 Å². The lowest BCUT2D eigenvalue weighted by atomic mass is 10.1. The number of anilines is 2. The highest BCUT2D eigenvalue weighted by atomic mass is 35.5. The van der Waals surface area contributed by atoms with Crippen LogP contribution in [0.2, 0.25) is 5.02 Å². The largest absolute Gasteiger partial charge is 0.331 e. The Morgan fingerprint density at radius 2 is 1.57 bits per heavy atom. The number of nitrogens with one attached hydrogen (secondary N) is 3. The van der Waals surface area contributed by atoms with E-state index in [0.29, 0.717) is 16.1 Å². The highest BCUT2D eigenvalue weighted by Crippen LogP contribution is 2.28. The van der Waals surface area contributed by atoms with Crippen LogP contribution in [0.5, 0.6) is 0 Å². The summed E-state index contributed by atoms with van der Waals surface area (Å²) in [5.74, 6) is 0.394. The van der Waals surface area contributed by atoms with Crippen LogP contribution in [0, 0.1) is 0 Å². The molecule has 5 nitrogen and oxygen atoms in total. The van der Waals surface area contributed by atoms with Crippen molar-refractivity contribution in [2.24, 2.45) is 0 Å². The summed E-state index contributed by atoms with van der Waals surface area (Å²) in [6.45, 7) is 0. The topological polar surface area (TPSA) is 61.9 Å². The molecule has 0 fully saturated rings. The number of nitrogens with zero attached hydrogens (tertiary/aromatic N) is 2. The first-order valence-corrected chi connectivity index (χ1v) is 9.38. The Labute approximate surface area is 172 Å². The lowest BCUT2D eigenvalue weighted by molar-refractivity contribution is 1.06. The van der Waals surface area contributed by atoms with Crippen molar-refractivity contribution < 1.29 is 0 Å². The fourth-order valence-corrected chi connectivity index (χ4v) is 3.11. The van der Waals surface area contributed by atoms with E-state index in [1.807, 2.05) is 78.9 Å². The Kier molecular flexibility index (Phi) is 5.32. The highest BCUT2D eigenvalue weighted by molar-refractivity contribution is 7.80. The number of rotatable bonds is 4. The molecule has 138 valence electrons. The van der Waals surface area contributed by atoms with Crippen molar-refractivity contribution in [3.63, 3.8) is 0 Å². The van der Waals surface area contributed by atoms with Gasteiger partial charge >= 0.3 is 0 Å². The lowest BCUT2D eigenvalue weighted by Gasteiger charge is -2.13. The molecule has 1 heterocycles. The zero-order chi connectivity index (χ0) is 19.3. The standard InChI is InChI=1S/C21H16ClN5S/c22-15-11-12-17-18(13-15)24-20(25-19(17)14-7-3-1-4-8-14)26-27-21(28)23-16-9-5-2-6-10-16/h1-13H,(H2,23,27,28)(H,24,25,26). The summed E-state index contributed by atoms with van der Waals surface area (Å²) in [7, 11) is 0. The minimum atomic E-state index is 0.394. The van der Waals surface area contributed by atoms with Gasteiger partial charge in [-0.2, -0.15) is 0 Å². The molecule has 0 aliphatic heterocycles. The SMILES string of the molecule is S=C(NNc1nc(-c2ccccc2)c2ccc(Cl)cc2n1)Nc1ccccc1. The van der Waals surface area contributed by atoms with Gasteiger partial charge in [0.15, 0.2) is 5.11 Å². The molecule has 7 heteroatoms. The quantitative estimate of drug-likeness (QED) is 0.318. The molecule has 0 bridgehead atoms. The summed E-state index contributed by atoms with van der Waals surface area (Å²) >= 11 is 11.5. The van der Waals surface area contributed by atoms with Crippen LogP contribution in [0.25, 0.3) is 22.2 Å². The first-order valence-electron chi connectivity index (χ1n) is 8.60. The van der Waals surface area contributed by atoms with Crippen LogP contribution in [-0.4, -0.2) is 15.1 Å². The van der Waals surface area contributed by atoms with Crippen molar-refractivity contribution in [1.29, 1.82) is 0 Å². The number of fused-ring (bicyclic) bond motifs is 1. The molecule has 1 aromatic heterocycles. The summed E-state index contributed by atoms with van der Waals surface area (Å²) in [5, 5.41) is 5.03. The van der Waals surface area contributed by atoms with Crippen molar-refractivity contribution in [3.05, 3.63) is 83.9 Å². The maximum Gasteiger partial charge on any atom is 0.242 e. The second-order valence-corrected chi connectivity index (χ2v) is 6.84. The summed E-state index contributed by atoms with van der Waals surface area (Å²) in [4.78, 5) is 9.21. The van der Waals surface area contributed by atoms with Gasteiger partial charge in [0.05, 0.1) is 11.2 Å². The molecular formula is C21H16ClN5S. The normalized spacial score (nSPS) is 10.5. The molecule has 0 atom stereocenters. The van der Waals surface area contributed by atoms with Gasteiger partial charge in [-0.15, -0.1) is 0 Å². The van der Waals surface area contributed by atoms with Crippen molar-refractivity contribution in [2.75, 3.05) is 10.7 Å². The average Bonchev–Trinajstić information content (AvgIpc) is 2.73. The number of aromatic nitrogens is 2. The number of hydrogen-bond donors (Lipinski definition) is 3.